The lowest BCUT2D eigenvalue weighted by atomic mass is 10.1. The fourth-order valence-electron chi connectivity index (χ4n) is 1.65. The number of benzene rings is 2. The maximum absolute atomic E-state index is 10.6. The van der Waals surface area contributed by atoms with Gasteiger partial charge in [0, 0.05) is 11.3 Å². The number of aromatic hydroxyl groups is 1. The highest BCUT2D eigenvalue weighted by Crippen LogP contribution is 2.21. The number of hydrogen-bond donors (Lipinski definition) is 2. The minimum atomic E-state index is 0.179. The molecule has 0 saturated heterocycles. The summed E-state index contributed by atoms with van der Waals surface area (Å²) in [5, 5.41) is 12.4. The molecule has 0 aromatic heterocycles. The first-order chi connectivity index (χ1) is 8.81. The van der Waals surface area contributed by atoms with Crippen molar-refractivity contribution < 1.29 is 9.90 Å². The molecule has 0 aliphatic rings. The minimum Gasteiger partial charge on any atom is -0.507 e. The van der Waals surface area contributed by atoms with Gasteiger partial charge in [0.1, 0.15) is 5.75 Å². The van der Waals surface area contributed by atoms with Crippen molar-refractivity contribution >= 4 is 18.2 Å². The van der Waals surface area contributed by atoms with Gasteiger partial charge in [-0.15, -0.1) is 0 Å². The summed E-state index contributed by atoms with van der Waals surface area (Å²) in [5.74, 6) is 0.179. The van der Waals surface area contributed by atoms with Crippen LogP contribution in [0.5, 0.6) is 5.75 Å². The van der Waals surface area contributed by atoms with Crippen molar-refractivity contribution in [2.75, 3.05) is 0 Å². The van der Waals surface area contributed by atoms with Gasteiger partial charge in [-0.05, 0) is 17.7 Å². The van der Waals surface area contributed by atoms with E-state index in [1.807, 2.05) is 36.4 Å². The Hall–Kier alpha value is -2.55. The molecular weight excluding hydrogens is 226 g/mol. The van der Waals surface area contributed by atoms with Crippen molar-refractivity contribution in [3.05, 3.63) is 65.7 Å². The van der Waals surface area contributed by atoms with Gasteiger partial charge in [0.2, 0.25) is 6.41 Å². The molecule has 0 unspecified atom stereocenters. The maximum Gasteiger partial charge on any atom is 0.211 e. The van der Waals surface area contributed by atoms with Crippen LogP contribution in [0.25, 0.3) is 11.8 Å². The highest BCUT2D eigenvalue weighted by Gasteiger charge is 2.02. The Labute approximate surface area is 105 Å². The molecule has 18 heavy (non-hydrogen) atoms. The van der Waals surface area contributed by atoms with Gasteiger partial charge in [-0.3, -0.25) is 4.79 Å². The molecule has 0 saturated carbocycles. The van der Waals surface area contributed by atoms with Crippen LogP contribution >= 0.6 is 0 Å². The normalized spacial score (nSPS) is 11.0. The summed E-state index contributed by atoms with van der Waals surface area (Å²) in [6.07, 6.45) is 2.36. The predicted molar refractivity (Wildman–Crippen MR) is 71.6 cm³/mol. The molecule has 2 aromatic carbocycles. The Kier molecular flexibility index (Phi) is 3.76. The van der Waals surface area contributed by atoms with E-state index in [1.165, 1.54) is 0 Å². The van der Waals surface area contributed by atoms with Crippen molar-refractivity contribution in [3.8, 4) is 5.75 Å². The van der Waals surface area contributed by atoms with Crippen LogP contribution in [0.4, 0.5) is 0 Å². The third-order valence-electron chi connectivity index (χ3n) is 2.54. The number of carbonyl (C=O) groups excluding carboxylic acids is 1. The van der Waals surface area contributed by atoms with Crippen LogP contribution in [-0.2, 0) is 4.79 Å². The van der Waals surface area contributed by atoms with Crippen molar-refractivity contribution in [1.82, 2.24) is 5.32 Å². The summed E-state index contributed by atoms with van der Waals surface area (Å²) in [5.41, 5.74) is 2.19. The highest BCUT2D eigenvalue weighted by molar-refractivity contribution is 5.86. The molecule has 0 aliphatic heterocycles. The monoisotopic (exact) mass is 239 g/mol. The second kappa shape index (κ2) is 5.68. The zero-order valence-corrected chi connectivity index (χ0v) is 9.71. The van der Waals surface area contributed by atoms with Gasteiger partial charge in [-0.1, -0.05) is 48.5 Å². The Morgan fingerprint density at radius 3 is 2.33 bits per heavy atom. The SMILES string of the molecule is O=CN/C(=C\c1ccccc1O)c1ccccc1. The van der Waals surface area contributed by atoms with Crippen molar-refractivity contribution in [3.63, 3.8) is 0 Å². The van der Waals surface area contributed by atoms with Crippen molar-refractivity contribution in [2.24, 2.45) is 0 Å². The predicted octanol–water partition coefficient (Wildman–Crippen LogP) is 2.64. The molecule has 3 nitrogen and oxygen atoms in total. The van der Waals surface area contributed by atoms with E-state index in [9.17, 15) is 9.90 Å². The fraction of sp³-hybridized carbons (Fsp3) is 0. The van der Waals surface area contributed by atoms with Crippen LogP contribution in [0.15, 0.2) is 54.6 Å². The first-order valence-electron chi connectivity index (χ1n) is 5.56. The number of hydrogen-bond acceptors (Lipinski definition) is 2. The number of phenolic OH excluding ortho intramolecular Hbond substituents is 1. The average molecular weight is 239 g/mol. The first kappa shape index (κ1) is 11.9. The topological polar surface area (TPSA) is 49.3 Å². The summed E-state index contributed by atoms with van der Waals surface area (Å²) in [4.78, 5) is 10.6. The molecule has 0 aliphatic carbocycles. The molecule has 2 rings (SSSR count). The number of amides is 1. The number of phenols is 1. The van der Waals surface area contributed by atoms with E-state index in [0.717, 1.165) is 5.56 Å². The number of carbonyl (C=O) groups is 1. The van der Waals surface area contributed by atoms with E-state index >= 15 is 0 Å². The van der Waals surface area contributed by atoms with E-state index in [1.54, 1.807) is 24.3 Å². The summed E-state index contributed by atoms with van der Waals surface area (Å²) < 4.78 is 0. The van der Waals surface area contributed by atoms with Gasteiger partial charge < -0.3 is 10.4 Å². The van der Waals surface area contributed by atoms with E-state index in [4.69, 9.17) is 0 Å². The molecule has 90 valence electrons. The van der Waals surface area contributed by atoms with Crippen molar-refractivity contribution in [2.45, 2.75) is 0 Å². The van der Waals surface area contributed by atoms with Gasteiger partial charge in [-0.2, -0.15) is 0 Å². The molecule has 0 fully saturated rings. The number of para-hydroxylation sites is 1. The zero-order chi connectivity index (χ0) is 12.8. The molecule has 1 amide bonds. The van der Waals surface area contributed by atoms with E-state index in [0.29, 0.717) is 17.7 Å². The third-order valence-corrected chi connectivity index (χ3v) is 2.54. The van der Waals surface area contributed by atoms with Gasteiger partial charge in [0.15, 0.2) is 0 Å². The van der Waals surface area contributed by atoms with E-state index in [2.05, 4.69) is 5.32 Å². The molecular formula is C15H13NO2. The Morgan fingerprint density at radius 2 is 1.67 bits per heavy atom. The highest BCUT2D eigenvalue weighted by atomic mass is 16.3. The van der Waals surface area contributed by atoms with Gasteiger partial charge in [0.05, 0.1) is 0 Å². The standard InChI is InChI=1S/C15H13NO2/c17-11-16-14(12-6-2-1-3-7-12)10-13-8-4-5-9-15(13)18/h1-11,18H,(H,16,17)/b14-10-. The van der Waals surface area contributed by atoms with Gasteiger partial charge >= 0.3 is 0 Å². The lowest BCUT2D eigenvalue weighted by Crippen LogP contribution is -2.08. The summed E-state index contributed by atoms with van der Waals surface area (Å²) in [6, 6.07) is 16.4. The van der Waals surface area contributed by atoms with Gasteiger partial charge in [0.25, 0.3) is 0 Å². The van der Waals surface area contributed by atoms with Crippen LogP contribution in [0.1, 0.15) is 11.1 Å². The third kappa shape index (κ3) is 2.77. The van der Waals surface area contributed by atoms with Gasteiger partial charge in [-0.25, -0.2) is 0 Å². The van der Waals surface area contributed by atoms with Crippen LogP contribution in [0.2, 0.25) is 0 Å². The molecule has 0 radical (unpaired) electrons. The molecule has 2 aromatic rings. The van der Waals surface area contributed by atoms with Crippen LogP contribution in [-0.4, -0.2) is 11.5 Å². The molecule has 3 heteroatoms. The summed E-state index contributed by atoms with van der Waals surface area (Å²) >= 11 is 0. The smallest absolute Gasteiger partial charge is 0.211 e. The minimum absolute atomic E-state index is 0.179. The molecule has 0 atom stereocenters. The Morgan fingerprint density at radius 1 is 1.00 bits per heavy atom. The summed E-state index contributed by atoms with van der Waals surface area (Å²) in [7, 11) is 0. The summed E-state index contributed by atoms with van der Waals surface area (Å²) in [6.45, 7) is 0. The lowest BCUT2D eigenvalue weighted by Gasteiger charge is -2.07. The maximum atomic E-state index is 10.6. The van der Waals surface area contributed by atoms with Crippen LogP contribution in [0.3, 0.4) is 0 Å². The lowest BCUT2D eigenvalue weighted by molar-refractivity contribution is -0.108. The van der Waals surface area contributed by atoms with E-state index < -0.39 is 0 Å². The van der Waals surface area contributed by atoms with Crippen molar-refractivity contribution in [1.29, 1.82) is 0 Å². The molecule has 2 N–H and O–H groups in total. The Balaban J connectivity index is 2.43. The first-order valence-corrected chi connectivity index (χ1v) is 5.56. The van der Waals surface area contributed by atoms with E-state index in [-0.39, 0.29) is 5.75 Å². The average Bonchev–Trinajstić information content (AvgIpc) is 2.42. The second-order valence-corrected chi connectivity index (χ2v) is 3.75. The largest absolute Gasteiger partial charge is 0.507 e. The Bertz CT molecular complexity index is 562. The molecule has 0 spiro atoms. The zero-order valence-electron chi connectivity index (χ0n) is 9.71. The van der Waals surface area contributed by atoms with Crippen LogP contribution in [0, 0.1) is 0 Å². The second-order valence-electron chi connectivity index (χ2n) is 3.75. The number of rotatable bonds is 4. The fourth-order valence-corrected chi connectivity index (χ4v) is 1.65. The molecule has 0 bridgehead atoms. The molecule has 0 heterocycles. The quantitative estimate of drug-likeness (QED) is 0.636. The number of nitrogens with one attached hydrogen (secondary N) is 1. The van der Waals surface area contributed by atoms with Crippen LogP contribution < -0.4 is 5.32 Å².